The van der Waals surface area contributed by atoms with Crippen molar-refractivity contribution in [3.63, 3.8) is 0 Å². The molecule has 0 amide bonds. The fourth-order valence-electron chi connectivity index (χ4n) is 1.93. The van der Waals surface area contributed by atoms with Crippen LogP contribution in [0.2, 0.25) is 0 Å². The van der Waals surface area contributed by atoms with Gasteiger partial charge in [-0.15, -0.1) is 0 Å². The highest BCUT2D eigenvalue weighted by Gasteiger charge is 2.09. The molecule has 0 saturated carbocycles. The molecule has 0 aliphatic rings. The van der Waals surface area contributed by atoms with Crippen molar-refractivity contribution >= 4 is 0 Å². The highest BCUT2D eigenvalue weighted by atomic mass is 16.5. The maximum Gasteiger partial charge on any atom is 0.123 e. The Balaban J connectivity index is 2.00. The Kier molecular flexibility index (Phi) is 4.64. The summed E-state index contributed by atoms with van der Waals surface area (Å²) in [5.41, 5.74) is 3.26. The van der Waals surface area contributed by atoms with Crippen LogP contribution in [0.5, 0.6) is 11.5 Å². The number of methoxy groups -OCH3 is 1. The van der Waals surface area contributed by atoms with Gasteiger partial charge in [0.05, 0.1) is 7.11 Å². The first kappa shape index (κ1) is 14.4. The normalized spacial score (nSPS) is 12.0. The summed E-state index contributed by atoms with van der Waals surface area (Å²) in [7, 11) is 1.61. The van der Waals surface area contributed by atoms with Gasteiger partial charge in [0.15, 0.2) is 0 Å². The molecule has 0 bridgehead atoms. The number of aliphatic hydroxyl groups excluding tert-OH is 1. The number of benzene rings is 2. The summed E-state index contributed by atoms with van der Waals surface area (Å²) in [6.07, 6.45) is -0.638. The zero-order valence-corrected chi connectivity index (χ0v) is 12.1. The Morgan fingerprint density at radius 2 is 1.75 bits per heavy atom. The average molecular weight is 272 g/mol. The first-order chi connectivity index (χ1) is 9.60. The molecule has 0 aromatic heterocycles. The first-order valence-corrected chi connectivity index (χ1v) is 6.62. The number of hydrogen-bond acceptors (Lipinski definition) is 3. The molecule has 106 valence electrons. The number of rotatable bonds is 5. The van der Waals surface area contributed by atoms with Crippen LogP contribution < -0.4 is 9.47 Å². The summed E-state index contributed by atoms with van der Waals surface area (Å²) in [4.78, 5) is 0. The zero-order chi connectivity index (χ0) is 14.5. The highest BCUT2D eigenvalue weighted by Crippen LogP contribution is 2.22. The average Bonchev–Trinajstić information content (AvgIpc) is 2.47. The molecule has 0 radical (unpaired) electrons. The molecule has 1 N–H and O–H groups in total. The van der Waals surface area contributed by atoms with Gasteiger partial charge in [-0.1, -0.05) is 24.3 Å². The third kappa shape index (κ3) is 3.52. The molecule has 3 nitrogen and oxygen atoms in total. The molecule has 0 fully saturated rings. The van der Waals surface area contributed by atoms with Crippen LogP contribution in [0, 0.1) is 13.8 Å². The second-order valence-electron chi connectivity index (χ2n) is 4.85. The van der Waals surface area contributed by atoms with Crippen molar-refractivity contribution in [3.05, 3.63) is 59.2 Å². The van der Waals surface area contributed by atoms with Gasteiger partial charge in [0, 0.05) is 6.07 Å². The molecular formula is C17H20O3. The molecule has 0 aliphatic heterocycles. The largest absolute Gasteiger partial charge is 0.497 e. The monoisotopic (exact) mass is 272 g/mol. The maximum absolute atomic E-state index is 10.2. The van der Waals surface area contributed by atoms with Gasteiger partial charge in [0.1, 0.15) is 24.2 Å². The Bertz CT molecular complexity index is 578. The van der Waals surface area contributed by atoms with Crippen LogP contribution >= 0.6 is 0 Å². The van der Waals surface area contributed by atoms with Gasteiger partial charge in [-0.25, -0.2) is 0 Å². The predicted molar refractivity (Wildman–Crippen MR) is 79.4 cm³/mol. The molecular weight excluding hydrogens is 252 g/mol. The number of aliphatic hydroxyl groups is 1. The SMILES string of the molecule is COc1cccc(OCC(O)c2ccc(C)c(C)c2)c1. The Labute approximate surface area is 119 Å². The van der Waals surface area contributed by atoms with Crippen molar-refractivity contribution in [2.24, 2.45) is 0 Å². The van der Waals surface area contributed by atoms with Crippen LogP contribution in [0.4, 0.5) is 0 Å². The Hall–Kier alpha value is -2.00. The Morgan fingerprint density at radius 3 is 2.45 bits per heavy atom. The van der Waals surface area contributed by atoms with Gasteiger partial charge in [-0.05, 0) is 42.7 Å². The van der Waals surface area contributed by atoms with E-state index in [1.165, 1.54) is 11.1 Å². The summed E-state index contributed by atoms with van der Waals surface area (Å²) in [6, 6.07) is 13.3. The third-order valence-corrected chi connectivity index (χ3v) is 3.36. The van der Waals surface area contributed by atoms with Crippen LogP contribution in [0.25, 0.3) is 0 Å². The fraction of sp³-hybridized carbons (Fsp3) is 0.294. The first-order valence-electron chi connectivity index (χ1n) is 6.62. The summed E-state index contributed by atoms with van der Waals surface area (Å²) < 4.78 is 10.7. The minimum Gasteiger partial charge on any atom is -0.497 e. The van der Waals surface area contributed by atoms with Crippen molar-refractivity contribution in [2.75, 3.05) is 13.7 Å². The van der Waals surface area contributed by atoms with E-state index in [1.54, 1.807) is 13.2 Å². The molecule has 3 heteroatoms. The topological polar surface area (TPSA) is 38.7 Å². The molecule has 20 heavy (non-hydrogen) atoms. The second kappa shape index (κ2) is 6.44. The summed E-state index contributed by atoms with van der Waals surface area (Å²) in [5.74, 6) is 1.43. The molecule has 1 atom stereocenters. The van der Waals surface area contributed by atoms with Gasteiger partial charge in [0.2, 0.25) is 0 Å². The van der Waals surface area contributed by atoms with Crippen molar-refractivity contribution in [3.8, 4) is 11.5 Å². The second-order valence-corrected chi connectivity index (χ2v) is 4.85. The lowest BCUT2D eigenvalue weighted by molar-refractivity contribution is 0.108. The highest BCUT2D eigenvalue weighted by molar-refractivity contribution is 5.33. The van der Waals surface area contributed by atoms with E-state index in [0.29, 0.717) is 5.75 Å². The van der Waals surface area contributed by atoms with E-state index in [-0.39, 0.29) is 6.61 Å². The van der Waals surface area contributed by atoms with Crippen molar-refractivity contribution in [2.45, 2.75) is 20.0 Å². The zero-order valence-electron chi connectivity index (χ0n) is 12.1. The minimum atomic E-state index is -0.638. The van der Waals surface area contributed by atoms with E-state index in [2.05, 4.69) is 6.92 Å². The quantitative estimate of drug-likeness (QED) is 0.906. The van der Waals surface area contributed by atoms with E-state index in [4.69, 9.17) is 9.47 Å². The molecule has 0 aliphatic carbocycles. The van der Waals surface area contributed by atoms with Crippen molar-refractivity contribution in [1.82, 2.24) is 0 Å². The molecule has 2 rings (SSSR count). The van der Waals surface area contributed by atoms with Crippen LogP contribution in [0.3, 0.4) is 0 Å². The lowest BCUT2D eigenvalue weighted by atomic mass is 10.0. The van der Waals surface area contributed by atoms with Crippen LogP contribution in [-0.4, -0.2) is 18.8 Å². The molecule has 0 saturated heterocycles. The van der Waals surface area contributed by atoms with E-state index >= 15 is 0 Å². The maximum atomic E-state index is 10.2. The van der Waals surface area contributed by atoms with Crippen LogP contribution in [-0.2, 0) is 0 Å². The molecule has 2 aromatic rings. The number of hydrogen-bond donors (Lipinski definition) is 1. The lowest BCUT2D eigenvalue weighted by Crippen LogP contribution is -2.10. The number of ether oxygens (including phenoxy) is 2. The molecule has 1 unspecified atom stereocenters. The molecule has 0 spiro atoms. The van der Waals surface area contributed by atoms with Gasteiger partial charge >= 0.3 is 0 Å². The van der Waals surface area contributed by atoms with Crippen LogP contribution in [0.1, 0.15) is 22.8 Å². The van der Waals surface area contributed by atoms with E-state index in [0.717, 1.165) is 11.3 Å². The summed E-state index contributed by atoms with van der Waals surface area (Å²) >= 11 is 0. The fourth-order valence-corrected chi connectivity index (χ4v) is 1.93. The van der Waals surface area contributed by atoms with Crippen LogP contribution in [0.15, 0.2) is 42.5 Å². The molecule has 0 heterocycles. The smallest absolute Gasteiger partial charge is 0.123 e. The van der Waals surface area contributed by atoms with Gasteiger partial charge in [-0.2, -0.15) is 0 Å². The van der Waals surface area contributed by atoms with E-state index < -0.39 is 6.10 Å². The van der Waals surface area contributed by atoms with E-state index in [9.17, 15) is 5.11 Å². The standard InChI is InChI=1S/C17H20O3/c1-12-7-8-14(9-13(12)2)17(18)11-20-16-6-4-5-15(10-16)19-3/h4-10,17-18H,11H2,1-3H3. The van der Waals surface area contributed by atoms with Gasteiger partial charge in [0.25, 0.3) is 0 Å². The summed E-state index contributed by atoms with van der Waals surface area (Å²) in [6.45, 7) is 4.31. The summed E-state index contributed by atoms with van der Waals surface area (Å²) in [5, 5.41) is 10.2. The number of aryl methyl sites for hydroxylation is 2. The van der Waals surface area contributed by atoms with Gasteiger partial charge < -0.3 is 14.6 Å². The van der Waals surface area contributed by atoms with Gasteiger partial charge in [-0.3, -0.25) is 0 Å². The third-order valence-electron chi connectivity index (χ3n) is 3.36. The van der Waals surface area contributed by atoms with Crippen molar-refractivity contribution < 1.29 is 14.6 Å². The van der Waals surface area contributed by atoms with Crippen molar-refractivity contribution in [1.29, 1.82) is 0 Å². The minimum absolute atomic E-state index is 0.218. The Morgan fingerprint density at radius 1 is 1.00 bits per heavy atom. The van der Waals surface area contributed by atoms with E-state index in [1.807, 2.05) is 43.3 Å². The lowest BCUT2D eigenvalue weighted by Gasteiger charge is -2.14. The predicted octanol–water partition coefficient (Wildman–Crippen LogP) is 3.42. The molecule has 2 aromatic carbocycles.